The lowest BCUT2D eigenvalue weighted by Crippen LogP contribution is -2.17. The van der Waals surface area contributed by atoms with Crippen LogP contribution in [0.4, 0.5) is 0 Å². The van der Waals surface area contributed by atoms with Crippen LogP contribution in [0.1, 0.15) is 40.5 Å². The second-order valence-corrected chi connectivity index (χ2v) is 8.23. The number of aromatic hydroxyl groups is 1. The summed E-state index contributed by atoms with van der Waals surface area (Å²) >= 11 is 3.36. The normalized spacial score (nSPS) is 17.3. The highest BCUT2D eigenvalue weighted by Crippen LogP contribution is 2.40. The Hall–Kier alpha value is -2.86. The number of hydrogen-bond donors (Lipinski definition) is 2. The number of halogens is 1. The number of phenols is 1. The molecule has 4 rings (SSSR count). The molecule has 0 saturated heterocycles. The number of fused-ring (bicyclic) bond motifs is 2. The van der Waals surface area contributed by atoms with Crippen LogP contribution in [-0.2, 0) is 6.42 Å². The van der Waals surface area contributed by atoms with Crippen LogP contribution in [-0.4, -0.2) is 28.3 Å². The Kier molecular flexibility index (Phi) is 5.04. The van der Waals surface area contributed by atoms with E-state index < -0.39 is 5.97 Å². The van der Waals surface area contributed by atoms with Crippen molar-refractivity contribution in [3.05, 3.63) is 63.3 Å². The van der Waals surface area contributed by atoms with Gasteiger partial charge in [-0.3, -0.25) is 0 Å². The summed E-state index contributed by atoms with van der Waals surface area (Å²) in [5, 5.41) is 20.7. The Labute approximate surface area is 176 Å². The lowest BCUT2D eigenvalue weighted by Gasteiger charge is -2.26. The summed E-state index contributed by atoms with van der Waals surface area (Å²) < 4.78 is 5.78. The number of ether oxygens (including phenoxy) is 1. The molecule has 1 aliphatic rings. The zero-order valence-corrected chi connectivity index (χ0v) is 17.7. The largest absolute Gasteiger partial charge is 0.503 e. The number of phenolic OH excluding ortho intramolecular Hbond substituents is 1. The molecule has 0 fully saturated rings. The summed E-state index contributed by atoms with van der Waals surface area (Å²) in [4.78, 5) is 17.0. The fraction of sp³-hybridized carbons (Fsp3) is 0.217. The van der Waals surface area contributed by atoms with Gasteiger partial charge < -0.3 is 14.9 Å². The van der Waals surface area contributed by atoms with Crippen LogP contribution >= 0.6 is 15.9 Å². The molecule has 1 heterocycles. The van der Waals surface area contributed by atoms with Crippen molar-refractivity contribution in [2.75, 3.05) is 7.11 Å². The number of carbonyl (C=O) groups is 1. The monoisotopic (exact) mass is 453 g/mol. The maximum atomic E-state index is 12.1. The van der Waals surface area contributed by atoms with Crippen LogP contribution in [0.15, 0.2) is 40.9 Å². The highest BCUT2D eigenvalue weighted by Gasteiger charge is 2.28. The number of aromatic nitrogens is 1. The van der Waals surface area contributed by atoms with Crippen molar-refractivity contribution < 1.29 is 19.7 Å². The minimum atomic E-state index is -0.928. The molecule has 148 valence electrons. The third-order valence-electron chi connectivity index (χ3n) is 5.24. The smallest absolute Gasteiger partial charge is 0.336 e. The van der Waals surface area contributed by atoms with Gasteiger partial charge in [-0.25, -0.2) is 9.78 Å². The van der Waals surface area contributed by atoms with E-state index in [4.69, 9.17) is 9.72 Å². The predicted octanol–water partition coefficient (Wildman–Crippen LogP) is 5.53. The van der Waals surface area contributed by atoms with Crippen LogP contribution in [0.5, 0.6) is 11.5 Å². The molecular formula is C23H20BrNO4. The van der Waals surface area contributed by atoms with Crippen LogP contribution in [0.2, 0.25) is 0 Å². The summed E-state index contributed by atoms with van der Waals surface area (Å²) in [7, 11) is 1.50. The van der Waals surface area contributed by atoms with Crippen LogP contribution in [0, 0.1) is 5.92 Å². The molecule has 1 unspecified atom stereocenters. The fourth-order valence-corrected chi connectivity index (χ4v) is 4.47. The Morgan fingerprint density at radius 3 is 2.76 bits per heavy atom. The third kappa shape index (κ3) is 3.49. The minimum Gasteiger partial charge on any atom is -0.503 e. The van der Waals surface area contributed by atoms with Crippen molar-refractivity contribution in [3.63, 3.8) is 0 Å². The molecule has 1 atom stereocenters. The van der Waals surface area contributed by atoms with Crippen molar-refractivity contribution in [2.45, 2.75) is 19.8 Å². The van der Waals surface area contributed by atoms with E-state index in [-0.39, 0.29) is 11.7 Å². The van der Waals surface area contributed by atoms with Gasteiger partial charge in [0.2, 0.25) is 0 Å². The summed E-state index contributed by atoms with van der Waals surface area (Å²) in [6.45, 7) is 2.12. The van der Waals surface area contributed by atoms with E-state index >= 15 is 0 Å². The molecule has 5 nitrogen and oxygen atoms in total. The second kappa shape index (κ2) is 7.52. The van der Waals surface area contributed by atoms with Gasteiger partial charge in [0.1, 0.15) is 0 Å². The molecule has 3 aromatic rings. The lowest BCUT2D eigenvalue weighted by molar-refractivity contribution is 0.0697. The minimum absolute atomic E-state index is 0.0457. The Morgan fingerprint density at radius 2 is 2.03 bits per heavy atom. The van der Waals surface area contributed by atoms with Crippen LogP contribution in [0.3, 0.4) is 0 Å². The lowest BCUT2D eigenvalue weighted by atomic mass is 9.80. The average molecular weight is 454 g/mol. The van der Waals surface area contributed by atoms with Crippen molar-refractivity contribution in [2.24, 2.45) is 5.92 Å². The molecular weight excluding hydrogens is 434 g/mol. The Balaban J connectivity index is 1.97. The number of allylic oxidation sites excluding steroid dienone is 1. The molecule has 0 aliphatic heterocycles. The van der Waals surface area contributed by atoms with Crippen LogP contribution < -0.4 is 4.74 Å². The first-order valence-corrected chi connectivity index (χ1v) is 10.1. The zero-order valence-electron chi connectivity index (χ0n) is 16.1. The summed E-state index contributed by atoms with van der Waals surface area (Å²) in [6, 6.07) is 10.9. The molecule has 0 bridgehead atoms. The number of aromatic carboxylic acids is 1. The van der Waals surface area contributed by atoms with E-state index in [1.54, 1.807) is 6.07 Å². The number of pyridine rings is 1. The molecule has 1 aromatic heterocycles. The molecule has 0 amide bonds. The number of nitrogens with zero attached hydrogens (tertiary/aromatic N) is 1. The van der Waals surface area contributed by atoms with Crippen molar-refractivity contribution >= 4 is 44.5 Å². The molecule has 0 radical (unpaired) electrons. The molecule has 0 spiro atoms. The third-order valence-corrected chi connectivity index (χ3v) is 5.85. The number of methoxy groups -OCH3 is 1. The quantitative estimate of drug-likeness (QED) is 0.544. The summed E-state index contributed by atoms with van der Waals surface area (Å²) in [5.41, 5.74) is 4.36. The van der Waals surface area contributed by atoms with E-state index in [0.717, 1.165) is 28.8 Å². The maximum Gasteiger partial charge on any atom is 0.336 e. The van der Waals surface area contributed by atoms with E-state index in [9.17, 15) is 15.0 Å². The van der Waals surface area contributed by atoms with Crippen molar-refractivity contribution in [1.82, 2.24) is 4.98 Å². The maximum absolute atomic E-state index is 12.1. The van der Waals surface area contributed by atoms with Crippen molar-refractivity contribution in [1.29, 1.82) is 0 Å². The molecule has 2 N–H and O–H groups in total. The molecule has 6 heteroatoms. The van der Waals surface area contributed by atoms with Gasteiger partial charge in [0.25, 0.3) is 0 Å². The first-order valence-electron chi connectivity index (χ1n) is 9.31. The number of carboxylic acid groups (broad SMARTS) is 1. The Bertz CT molecular complexity index is 1170. The van der Waals surface area contributed by atoms with Gasteiger partial charge in [0, 0.05) is 5.39 Å². The first-order chi connectivity index (χ1) is 13.9. The van der Waals surface area contributed by atoms with Gasteiger partial charge in [-0.05, 0) is 75.7 Å². The molecule has 0 saturated carbocycles. The number of benzene rings is 2. The van der Waals surface area contributed by atoms with Crippen molar-refractivity contribution in [3.8, 4) is 11.5 Å². The standard InChI is InChI=1S/C23H20BrNO4/c1-12-7-14(9-13-10-17(24)22(26)19(11-13)29-2)21-16(8-12)20(23(27)28)15-5-3-4-6-18(15)25-21/h3-6,9-12,26H,7-8H2,1-2H3,(H,27,28)/b14-9+. The number of hydrogen-bond acceptors (Lipinski definition) is 4. The van der Waals surface area contributed by atoms with E-state index in [2.05, 4.69) is 22.9 Å². The predicted molar refractivity (Wildman–Crippen MR) is 116 cm³/mol. The van der Waals surface area contributed by atoms with E-state index in [0.29, 0.717) is 33.1 Å². The second-order valence-electron chi connectivity index (χ2n) is 7.37. The van der Waals surface area contributed by atoms with Gasteiger partial charge in [-0.1, -0.05) is 25.1 Å². The zero-order chi connectivity index (χ0) is 20.7. The van der Waals surface area contributed by atoms with E-state index in [1.807, 2.05) is 36.4 Å². The van der Waals surface area contributed by atoms with E-state index in [1.165, 1.54) is 7.11 Å². The Morgan fingerprint density at radius 1 is 1.28 bits per heavy atom. The molecule has 1 aliphatic carbocycles. The molecule has 2 aromatic carbocycles. The highest BCUT2D eigenvalue weighted by atomic mass is 79.9. The summed E-state index contributed by atoms with van der Waals surface area (Å²) in [6.07, 6.45) is 3.46. The fourth-order valence-electron chi connectivity index (χ4n) is 4.01. The average Bonchev–Trinajstić information content (AvgIpc) is 2.68. The van der Waals surface area contributed by atoms with Gasteiger partial charge in [0.15, 0.2) is 11.5 Å². The number of carboxylic acids is 1. The van der Waals surface area contributed by atoms with Crippen LogP contribution in [0.25, 0.3) is 22.6 Å². The SMILES string of the molecule is COc1cc(/C=C2\CC(C)Cc3c2nc2ccccc2c3C(=O)O)cc(Br)c1O. The van der Waals surface area contributed by atoms with Gasteiger partial charge in [-0.2, -0.15) is 0 Å². The first kappa shape index (κ1) is 19.5. The van der Waals surface area contributed by atoms with Gasteiger partial charge in [-0.15, -0.1) is 0 Å². The van der Waals surface area contributed by atoms with Gasteiger partial charge in [0.05, 0.1) is 28.4 Å². The highest BCUT2D eigenvalue weighted by molar-refractivity contribution is 9.10. The topological polar surface area (TPSA) is 79.7 Å². The number of para-hydroxylation sites is 1. The van der Waals surface area contributed by atoms with Gasteiger partial charge >= 0.3 is 5.97 Å². The number of rotatable bonds is 3. The summed E-state index contributed by atoms with van der Waals surface area (Å²) in [5.74, 6) is -0.225. The molecule has 29 heavy (non-hydrogen) atoms.